The lowest BCUT2D eigenvalue weighted by Gasteiger charge is -2.29. The van der Waals surface area contributed by atoms with E-state index in [9.17, 15) is 14.4 Å². The van der Waals surface area contributed by atoms with Gasteiger partial charge in [0.25, 0.3) is 5.91 Å². The smallest absolute Gasteiger partial charge is 0.255 e. The summed E-state index contributed by atoms with van der Waals surface area (Å²) in [5.41, 5.74) is 9.92. The summed E-state index contributed by atoms with van der Waals surface area (Å²) in [7, 11) is 1.84. The summed E-state index contributed by atoms with van der Waals surface area (Å²) in [6.45, 7) is 2.21. The molecule has 3 amide bonds. The number of hydrogen-bond donors (Lipinski definition) is 2. The third kappa shape index (κ3) is 2.82. The Hall–Kier alpha value is -3.00. The number of nitrogens with two attached hydrogens (primary N) is 1. The Labute approximate surface area is 156 Å². The SMILES string of the molecule is C[C@@H](N)c1cc(-c2cccc3c2CN(C2CCC(=O)NC2=O)C3=O)nn1C. The number of imide groups is 1. The Morgan fingerprint density at radius 1 is 1.26 bits per heavy atom. The summed E-state index contributed by atoms with van der Waals surface area (Å²) in [5.74, 6) is -0.895. The number of nitrogens with one attached hydrogen (secondary N) is 1. The number of aryl methyl sites for hydroxylation is 1. The Kier molecular flexibility index (Phi) is 4.07. The molecule has 2 aliphatic heterocycles. The monoisotopic (exact) mass is 367 g/mol. The molecule has 2 aromatic rings. The molecule has 140 valence electrons. The largest absolute Gasteiger partial charge is 0.323 e. The van der Waals surface area contributed by atoms with Crippen molar-refractivity contribution in [2.24, 2.45) is 12.8 Å². The van der Waals surface area contributed by atoms with Crippen molar-refractivity contribution in [2.45, 2.75) is 38.4 Å². The van der Waals surface area contributed by atoms with Crippen LogP contribution in [0.25, 0.3) is 11.3 Å². The lowest BCUT2D eigenvalue weighted by atomic mass is 10.0. The molecule has 0 aliphatic carbocycles. The fourth-order valence-corrected chi connectivity index (χ4v) is 3.87. The first-order chi connectivity index (χ1) is 12.9. The number of carbonyl (C=O) groups excluding carboxylic acids is 3. The van der Waals surface area contributed by atoms with Gasteiger partial charge >= 0.3 is 0 Å². The zero-order valence-corrected chi connectivity index (χ0v) is 15.2. The third-order valence-electron chi connectivity index (χ3n) is 5.24. The highest BCUT2D eigenvalue weighted by atomic mass is 16.2. The zero-order valence-electron chi connectivity index (χ0n) is 15.2. The van der Waals surface area contributed by atoms with E-state index in [0.717, 1.165) is 22.5 Å². The number of hydrogen-bond acceptors (Lipinski definition) is 5. The Bertz CT molecular complexity index is 962. The molecule has 2 atom stereocenters. The van der Waals surface area contributed by atoms with Crippen molar-refractivity contribution in [1.29, 1.82) is 0 Å². The summed E-state index contributed by atoms with van der Waals surface area (Å²) in [6, 6.07) is 6.66. The minimum Gasteiger partial charge on any atom is -0.323 e. The molecule has 1 unspecified atom stereocenters. The number of nitrogens with zero attached hydrogens (tertiary/aromatic N) is 3. The lowest BCUT2D eigenvalue weighted by Crippen LogP contribution is -2.52. The van der Waals surface area contributed by atoms with Gasteiger partial charge in [0.15, 0.2) is 0 Å². The summed E-state index contributed by atoms with van der Waals surface area (Å²) in [5, 5.41) is 6.87. The van der Waals surface area contributed by atoms with Crippen LogP contribution in [-0.4, -0.2) is 38.4 Å². The summed E-state index contributed by atoms with van der Waals surface area (Å²) >= 11 is 0. The van der Waals surface area contributed by atoms with Gasteiger partial charge in [-0.15, -0.1) is 0 Å². The molecule has 2 aliphatic rings. The molecular formula is C19H21N5O3. The van der Waals surface area contributed by atoms with Gasteiger partial charge in [-0.25, -0.2) is 0 Å². The van der Waals surface area contributed by atoms with Crippen LogP contribution in [0.2, 0.25) is 0 Å². The number of benzene rings is 1. The van der Waals surface area contributed by atoms with Crippen LogP contribution < -0.4 is 11.1 Å². The van der Waals surface area contributed by atoms with E-state index in [1.165, 1.54) is 0 Å². The Morgan fingerprint density at radius 2 is 2.00 bits per heavy atom. The van der Waals surface area contributed by atoms with E-state index in [-0.39, 0.29) is 24.3 Å². The van der Waals surface area contributed by atoms with Crippen molar-refractivity contribution >= 4 is 17.7 Å². The molecule has 1 fully saturated rings. The Morgan fingerprint density at radius 3 is 2.67 bits per heavy atom. The average molecular weight is 367 g/mol. The fraction of sp³-hybridized carbons (Fsp3) is 0.368. The van der Waals surface area contributed by atoms with Crippen molar-refractivity contribution in [3.05, 3.63) is 41.1 Å². The van der Waals surface area contributed by atoms with Crippen LogP contribution in [0.1, 0.15) is 47.4 Å². The predicted molar refractivity (Wildman–Crippen MR) is 97.3 cm³/mol. The van der Waals surface area contributed by atoms with Gasteiger partial charge in [-0.05, 0) is 31.0 Å². The van der Waals surface area contributed by atoms with E-state index in [2.05, 4.69) is 10.4 Å². The molecule has 3 heterocycles. The Balaban J connectivity index is 1.70. The number of amides is 3. The second-order valence-corrected chi connectivity index (χ2v) is 7.10. The van der Waals surface area contributed by atoms with E-state index in [1.54, 1.807) is 15.6 Å². The summed E-state index contributed by atoms with van der Waals surface area (Å²) < 4.78 is 1.74. The molecule has 1 saturated heterocycles. The van der Waals surface area contributed by atoms with Gasteiger partial charge in [0.1, 0.15) is 6.04 Å². The summed E-state index contributed by atoms with van der Waals surface area (Å²) in [4.78, 5) is 38.1. The molecule has 8 heteroatoms. The van der Waals surface area contributed by atoms with Gasteiger partial charge < -0.3 is 10.6 Å². The van der Waals surface area contributed by atoms with Gasteiger partial charge in [0, 0.05) is 37.2 Å². The van der Waals surface area contributed by atoms with E-state index < -0.39 is 11.9 Å². The maximum atomic E-state index is 12.9. The van der Waals surface area contributed by atoms with Crippen molar-refractivity contribution in [3.63, 3.8) is 0 Å². The van der Waals surface area contributed by atoms with Gasteiger partial charge in [0.05, 0.1) is 11.4 Å². The van der Waals surface area contributed by atoms with Crippen molar-refractivity contribution < 1.29 is 14.4 Å². The molecule has 0 saturated carbocycles. The maximum Gasteiger partial charge on any atom is 0.255 e. The van der Waals surface area contributed by atoms with Crippen LogP contribution in [0.3, 0.4) is 0 Å². The predicted octanol–water partition coefficient (Wildman–Crippen LogP) is 0.868. The normalized spacial score (nSPS) is 20.6. The van der Waals surface area contributed by atoms with Crippen LogP contribution in [0.15, 0.2) is 24.3 Å². The van der Waals surface area contributed by atoms with Gasteiger partial charge in [-0.1, -0.05) is 12.1 Å². The second-order valence-electron chi connectivity index (χ2n) is 7.10. The topological polar surface area (TPSA) is 110 Å². The minimum absolute atomic E-state index is 0.158. The molecule has 27 heavy (non-hydrogen) atoms. The van der Waals surface area contributed by atoms with Gasteiger partial charge in [-0.3, -0.25) is 24.4 Å². The summed E-state index contributed by atoms with van der Waals surface area (Å²) in [6.07, 6.45) is 0.583. The van der Waals surface area contributed by atoms with Gasteiger partial charge in [-0.2, -0.15) is 5.10 Å². The lowest BCUT2D eigenvalue weighted by molar-refractivity contribution is -0.136. The highest BCUT2D eigenvalue weighted by molar-refractivity contribution is 6.06. The van der Waals surface area contributed by atoms with E-state index in [4.69, 9.17) is 5.73 Å². The molecule has 0 bridgehead atoms. The number of aromatic nitrogens is 2. The number of piperidine rings is 1. The standard InChI is InChI=1S/C19H21N5O3/c1-10(20)16-8-14(22-23(16)2)11-4-3-5-12-13(11)9-24(19(12)27)15-6-7-17(25)21-18(15)26/h3-5,8,10,15H,6-7,9,20H2,1-2H3,(H,21,25,26)/t10-,15?/m1/s1. The zero-order chi connectivity index (χ0) is 19.3. The highest BCUT2D eigenvalue weighted by Crippen LogP contribution is 2.34. The van der Waals surface area contributed by atoms with Crippen LogP contribution in [0.5, 0.6) is 0 Å². The first kappa shape index (κ1) is 17.4. The highest BCUT2D eigenvalue weighted by Gasteiger charge is 2.40. The number of carbonyl (C=O) groups is 3. The van der Waals surface area contributed by atoms with E-state index in [1.807, 2.05) is 32.2 Å². The number of rotatable bonds is 3. The van der Waals surface area contributed by atoms with Crippen molar-refractivity contribution in [2.75, 3.05) is 0 Å². The molecule has 0 radical (unpaired) electrons. The molecular weight excluding hydrogens is 346 g/mol. The van der Waals surface area contributed by atoms with E-state index in [0.29, 0.717) is 18.5 Å². The third-order valence-corrected chi connectivity index (χ3v) is 5.24. The molecule has 8 nitrogen and oxygen atoms in total. The van der Waals surface area contributed by atoms with Crippen LogP contribution in [0.4, 0.5) is 0 Å². The van der Waals surface area contributed by atoms with Crippen molar-refractivity contribution in [1.82, 2.24) is 20.0 Å². The fourth-order valence-electron chi connectivity index (χ4n) is 3.87. The molecule has 1 aromatic carbocycles. The van der Waals surface area contributed by atoms with Gasteiger partial charge in [0.2, 0.25) is 11.8 Å². The van der Waals surface area contributed by atoms with Crippen molar-refractivity contribution in [3.8, 4) is 11.3 Å². The van der Waals surface area contributed by atoms with E-state index >= 15 is 0 Å². The second kappa shape index (κ2) is 6.31. The molecule has 0 spiro atoms. The van der Waals surface area contributed by atoms with Crippen LogP contribution in [0, 0.1) is 0 Å². The average Bonchev–Trinajstić information content (AvgIpc) is 3.16. The first-order valence-electron chi connectivity index (χ1n) is 8.93. The first-order valence-corrected chi connectivity index (χ1v) is 8.93. The quantitative estimate of drug-likeness (QED) is 0.782. The molecule has 4 rings (SSSR count). The maximum absolute atomic E-state index is 12.9. The molecule has 1 aromatic heterocycles. The van der Waals surface area contributed by atoms with Crippen LogP contribution >= 0.6 is 0 Å². The molecule has 3 N–H and O–H groups in total. The number of fused-ring (bicyclic) bond motifs is 1. The minimum atomic E-state index is -0.626. The van der Waals surface area contributed by atoms with Crippen LogP contribution in [-0.2, 0) is 23.2 Å².